The van der Waals surface area contributed by atoms with Crippen LogP contribution in [0.2, 0.25) is 0 Å². The molecule has 21 heavy (non-hydrogen) atoms. The maximum Gasteiger partial charge on any atom is 0.0705 e. The Labute approximate surface area is 124 Å². The summed E-state index contributed by atoms with van der Waals surface area (Å²) in [5.74, 6) is 5.73. The molecule has 0 spiro atoms. The first-order valence-electron chi connectivity index (χ1n) is 7.06. The summed E-state index contributed by atoms with van der Waals surface area (Å²) < 4.78 is 0. The number of pyridine rings is 2. The molecule has 0 radical (unpaired) electrons. The van der Waals surface area contributed by atoms with Gasteiger partial charge >= 0.3 is 0 Å². The highest BCUT2D eigenvalue weighted by Gasteiger charge is 2.10. The fourth-order valence-corrected chi connectivity index (χ4v) is 2.50. The van der Waals surface area contributed by atoms with Gasteiger partial charge in [-0.3, -0.25) is 21.2 Å². The van der Waals surface area contributed by atoms with Crippen LogP contribution in [0.3, 0.4) is 0 Å². The minimum Gasteiger partial charge on any atom is -0.271 e. The summed E-state index contributed by atoms with van der Waals surface area (Å²) in [6, 6.07) is 14.5. The average Bonchev–Trinajstić information content (AvgIpc) is 2.56. The first kappa shape index (κ1) is 13.7. The normalized spacial score (nSPS) is 12.4. The number of hydrogen-bond acceptors (Lipinski definition) is 4. The topological polar surface area (TPSA) is 63.8 Å². The molecule has 0 saturated carbocycles. The molecule has 2 heterocycles. The molecule has 1 unspecified atom stereocenters. The van der Waals surface area contributed by atoms with Gasteiger partial charge in [-0.05, 0) is 42.2 Å². The van der Waals surface area contributed by atoms with Gasteiger partial charge in [0.2, 0.25) is 0 Å². The second-order valence-corrected chi connectivity index (χ2v) is 5.07. The van der Waals surface area contributed by atoms with E-state index in [1.54, 1.807) is 6.20 Å². The van der Waals surface area contributed by atoms with Gasteiger partial charge in [0.05, 0.1) is 5.52 Å². The van der Waals surface area contributed by atoms with E-state index in [1.807, 2.05) is 24.5 Å². The summed E-state index contributed by atoms with van der Waals surface area (Å²) in [6.45, 7) is 0. The van der Waals surface area contributed by atoms with E-state index in [4.69, 9.17) is 5.84 Å². The van der Waals surface area contributed by atoms with Crippen LogP contribution in [0.25, 0.3) is 10.9 Å². The summed E-state index contributed by atoms with van der Waals surface area (Å²) in [6.07, 6.45) is 7.35. The van der Waals surface area contributed by atoms with Crippen molar-refractivity contribution in [1.82, 2.24) is 15.4 Å². The molecule has 0 aliphatic heterocycles. The van der Waals surface area contributed by atoms with Crippen molar-refractivity contribution in [3.05, 3.63) is 72.2 Å². The van der Waals surface area contributed by atoms with E-state index in [0.29, 0.717) is 0 Å². The molecular formula is C17H18N4. The lowest BCUT2D eigenvalue weighted by molar-refractivity contribution is 0.516. The third kappa shape index (κ3) is 3.24. The van der Waals surface area contributed by atoms with Crippen LogP contribution in [0.15, 0.2) is 61.1 Å². The van der Waals surface area contributed by atoms with Crippen LogP contribution in [0, 0.1) is 0 Å². The number of aromatic nitrogens is 2. The summed E-state index contributed by atoms with van der Waals surface area (Å²) in [5.41, 5.74) is 6.28. The molecule has 1 aromatic carbocycles. The predicted octanol–water partition coefficient (Wildman–Crippen LogP) is 2.77. The molecule has 3 aromatic rings. The van der Waals surface area contributed by atoms with E-state index in [-0.39, 0.29) is 6.04 Å². The summed E-state index contributed by atoms with van der Waals surface area (Å²) in [5, 5.41) is 1.14. The monoisotopic (exact) mass is 278 g/mol. The third-order valence-corrected chi connectivity index (χ3v) is 3.68. The number of aryl methyl sites for hydroxylation is 1. The largest absolute Gasteiger partial charge is 0.271 e. The van der Waals surface area contributed by atoms with Gasteiger partial charge in [0.1, 0.15) is 0 Å². The predicted molar refractivity (Wildman–Crippen MR) is 84.4 cm³/mol. The standard InChI is InChI=1S/C17H18N4/c18-21-16(8-5-13-3-1-9-19-12-13)15-7-6-14-4-2-10-20-17(14)11-15/h1-4,6-7,9-12,16,21H,5,8,18H2. The van der Waals surface area contributed by atoms with Gasteiger partial charge in [0.15, 0.2) is 0 Å². The number of nitrogens with two attached hydrogens (primary N) is 1. The van der Waals surface area contributed by atoms with Gasteiger partial charge in [-0.2, -0.15) is 0 Å². The van der Waals surface area contributed by atoms with E-state index in [0.717, 1.165) is 29.3 Å². The molecule has 0 fully saturated rings. The Morgan fingerprint density at radius 2 is 2.00 bits per heavy atom. The zero-order valence-corrected chi connectivity index (χ0v) is 11.7. The highest BCUT2D eigenvalue weighted by Crippen LogP contribution is 2.22. The summed E-state index contributed by atoms with van der Waals surface area (Å²) in [4.78, 5) is 8.54. The maximum absolute atomic E-state index is 5.73. The Kier molecular flexibility index (Phi) is 4.19. The first-order valence-corrected chi connectivity index (χ1v) is 7.06. The second-order valence-electron chi connectivity index (χ2n) is 5.07. The van der Waals surface area contributed by atoms with Crippen molar-refractivity contribution < 1.29 is 0 Å². The van der Waals surface area contributed by atoms with Crippen LogP contribution in [-0.4, -0.2) is 9.97 Å². The van der Waals surface area contributed by atoms with Crippen molar-refractivity contribution in [1.29, 1.82) is 0 Å². The Balaban J connectivity index is 1.78. The van der Waals surface area contributed by atoms with Crippen molar-refractivity contribution in [2.75, 3.05) is 0 Å². The number of nitrogens with zero attached hydrogens (tertiary/aromatic N) is 2. The zero-order valence-electron chi connectivity index (χ0n) is 11.7. The number of nitrogens with one attached hydrogen (secondary N) is 1. The van der Waals surface area contributed by atoms with Gasteiger partial charge in [0.25, 0.3) is 0 Å². The van der Waals surface area contributed by atoms with Crippen molar-refractivity contribution >= 4 is 10.9 Å². The van der Waals surface area contributed by atoms with E-state index in [2.05, 4.69) is 45.7 Å². The molecule has 0 saturated heterocycles. The summed E-state index contributed by atoms with van der Waals surface area (Å²) >= 11 is 0. The van der Waals surface area contributed by atoms with Crippen molar-refractivity contribution in [2.45, 2.75) is 18.9 Å². The highest BCUT2D eigenvalue weighted by molar-refractivity contribution is 5.78. The van der Waals surface area contributed by atoms with Gasteiger partial charge in [-0.1, -0.05) is 24.3 Å². The minimum absolute atomic E-state index is 0.108. The molecule has 0 aliphatic rings. The molecular weight excluding hydrogens is 260 g/mol. The van der Waals surface area contributed by atoms with E-state index < -0.39 is 0 Å². The van der Waals surface area contributed by atoms with E-state index >= 15 is 0 Å². The van der Waals surface area contributed by atoms with Crippen LogP contribution in [0.5, 0.6) is 0 Å². The van der Waals surface area contributed by atoms with Crippen LogP contribution in [0.1, 0.15) is 23.6 Å². The quantitative estimate of drug-likeness (QED) is 0.556. The Morgan fingerprint density at radius 3 is 2.81 bits per heavy atom. The third-order valence-electron chi connectivity index (χ3n) is 3.68. The highest BCUT2D eigenvalue weighted by atomic mass is 15.2. The Bertz CT molecular complexity index is 712. The molecule has 2 aromatic heterocycles. The lowest BCUT2D eigenvalue weighted by atomic mass is 9.99. The fraction of sp³-hybridized carbons (Fsp3) is 0.176. The Morgan fingerprint density at radius 1 is 1.10 bits per heavy atom. The van der Waals surface area contributed by atoms with Gasteiger partial charge in [0, 0.05) is 30.0 Å². The van der Waals surface area contributed by atoms with Gasteiger partial charge in [-0.25, -0.2) is 0 Å². The van der Waals surface area contributed by atoms with Crippen molar-refractivity contribution in [3.8, 4) is 0 Å². The fourth-order valence-electron chi connectivity index (χ4n) is 2.50. The second kappa shape index (κ2) is 6.43. The van der Waals surface area contributed by atoms with Crippen LogP contribution >= 0.6 is 0 Å². The lowest BCUT2D eigenvalue weighted by Gasteiger charge is -2.16. The number of hydrazine groups is 1. The number of fused-ring (bicyclic) bond motifs is 1. The van der Waals surface area contributed by atoms with Gasteiger partial charge in [-0.15, -0.1) is 0 Å². The summed E-state index contributed by atoms with van der Waals surface area (Å²) in [7, 11) is 0. The molecule has 1 atom stereocenters. The average molecular weight is 278 g/mol. The van der Waals surface area contributed by atoms with Gasteiger partial charge < -0.3 is 0 Å². The molecule has 4 heteroatoms. The van der Waals surface area contributed by atoms with E-state index in [1.165, 1.54) is 5.56 Å². The molecule has 3 rings (SSSR count). The maximum atomic E-state index is 5.73. The number of benzene rings is 1. The minimum atomic E-state index is 0.108. The number of hydrogen-bond donors (Lipinski definition) is 2. The zero-order chi connectivity index (χ0) is 14.5. The van der Waals surface area contributed by atoms with Crippen LogP contribution in [-0.2, 0) is 6.42 Å². The van der Waals surface area contributed by atoms with Crippen LogP contribution < -0.4 is 11.3 Å². The van der Waals surface area contributed by atoms with Crippen molar-refractivity contribution in [3.63, 3.8) is 0 Å². The molecule has 106 valence electrons. The molecule has 4 nitrogen and oxygen atoms in total. The lowest BCUT2D eigenvalue weighted by Crippen LogP contribution is -2.28. The first-order chi connectivity index (χ1) is 10.4. The molecule has 0 amide bonds. The molecule has 0 bridgehead atoms. The van der Waals surface area contributed by atoms with Crippen LogP contribution in [0.4, 0.5) is 0 Å². The Hall–Kier alpha value is -2.30. The SMILES string of the molecule is NNC(CCc1cccnc1)c1ccc2cccnc2c1. The number of rotatable bonds is 5. The molecule has 3 N–H and O–H groups in total. The molecule has 0 aliphatic carbocycles. The van der Waals surface area contributed by atoms with Crippen molar-refractivity contribution in [2.24, 2.45) is 5.84 Å². The van der Waals surface area contributed by atoms with E-state index in [9.17, 15) is 0 Å². The smallest absolute Gasteiger partial charge is 0.0705 e.